The van der Waals surface area contributed by atoms with Gasteiger partial charge in [-0.2, -0.15) is 0 Å². The molecular weight excluding hydrogens is 244 g/mol. The normalized spacial score (nSPS) is 10.2. The predicted molar refractivity (Wildman–Crippen MR) is 74.2 cm³/mol. The lowest BCUT2D eigenvalue weighted by Gasteiger charge is -2.08. The number of urea groups is 1. The Kier molecular flexibility index (Phi) is 7.62. The number of hydrogen-bond acceptors (Lipinski definition) is 3. The van der Waals surface area contributed by atoms with Crippen molar-refractivity contribution in [3.05, 3.63) is 35.4 Å². The van der Waals surface area contributed by atoms with E-state index >= 15 is 0 Å². The van der Waals surface area contributed by atoms with Gasteiger partial charge in [0.2, 0.25) is 0 Å². The van der Waals surface area contributed by atoms with Crippen molar-refractivity contribution in [2.45, 2.75) is 13.3 Å². The number of rotatable bonds is 8. The van der Waals surface area contributed by atoms with Crippen LogP contribution in [0.5, 0.6) is 0 Å². The summed E-state index contributed by atoms with van der Waals surface area (Å²) in [7, 11) is 0. The van der Waals surface area contributed by atoms with E-state index in [-0.39, 0.29) is 12.6 Å². The first-order valence-electron chi connectivity index (χ1n) is 6.48. The van der Waals surface area contributed by atoms with Gasteiger partial charge in [0.05, 0.1) is 19.8 Å². The van der Waals surface area contributed by atoms with Crippen LogP contribution >= 0.6 is 0 Å². The number of aliphatic hydroxyl groups is 1. The maximum absolute atomic E-state index is 11.4. The van der Waals surface area contributed by atoms with Crippen LogP contribution in [0.2, 0.25) is 0 Å². The summed E-state index contributed by atoms with van der Waals surface area (Å²) >= 11 is 0. The minimum Gasteiger partial charge on any atom is -0.394 e. The van der Waals surface area contributed by atoms with Crippen molar-refractivity contribution in [1.29, 1.82) is 0 Å². The summed E-state index contributed by atoms with van der Waals surface area (Å²) in [6.45, 7) is 3.81. The Morgan fingerprint density at radius 1 is 1.26 bits per heavy atom. The van der Waals surface area contributed by atoms with E-state index in [1.165, 1.54) is 11.1 Å². The molecule has 0 atom stereocenters. The number of aryl methyl sites for hydroxylation is 1. The maximum Gasteiger partial charge on any atom is 0.314 e. The van der Waals surface area contributed by atoms with Crippen molar-refractivity contribution in [2.24, 2.45) is 0 Å². The summed E-state index contributed by atoms with van der Waals surface area (Å²) in [5.41, 5.74) is 2.44. The molecule has 5 nitrogen and oxygen atoms in total. The lowest BCUT2D eigenvalue weighted by atomic mass is 10.1. The zero-order valence-electron chi connectivity index (χ0n) is 11.3. The molecule has 0 radical (unpaired) electrons. The van der Waals surface area contributed by atoms with Crippen molar-refractivity contribution in [3.63, 3.8) is 0 Å². The minimum atomic E-state index is -0.194. The highest BCUT2D eigenvalue weighted by atomic mass is 16.5. The summed E-state index contributed by atoms with van der Waals surface area (Å²) in [4.78, 5) is 11.4. The van der Waals surface area contributed by atoms with Crippen LogP contribution in [0, 0.1) is 6.92 Å². The molecule has 0 saturated carbocycles. The number of benzene rings is 1. The third kappa shape index (κ3) is 7.43. The van der Waals surface area contributed by atoms with Gasteiger partial charge >= 0.3 is 6.03 Å². The monoisotopic (exact) mass is 266 g/mol. The molecule has 5 heteroatoms. The third-order valence-electron chi connectivity index (χ3n) is 2.55. The van der Waals surface area contributed by atoms with Gasteiger partial charge in [-0.15, -0.1) is 0 Å². The SMILES string of the molecule is Cc1cccc(CCNC(=O)NCCOCCO)c1. The molecular formula is C14H22N2O3. The van der Waals surface area contributed by atoms with Gasteiger partial charge < -0.3 is 20.5 Å². The highest BCUT2D eigenvalue weighted by Crippen LogP contribution is 2.03. The molecule has 0 unspecified atom stereocenters. The average molecular weight is 266 g/mol. The van der Waals surface area contributed by atoms with Crippen molar-refractivity contribution in [3.8, 4) is 0 Å². The molecule has 0 aromatic heterocycles. The highest BCUT2D eigenvalue weighted by molar-refractivity contribution is 5.73. The van der Waals surface area contributed by atoms with Crippen LogP contribution in [-0.2, 0) is 11.2 Å². The Morgan fingerprint density at radius 2 is 2.05 bits per heavy atom. The van der Waals surface area contributed by atoms with Gasteiger partial charge in [0, 0.05) is 13.1 Å². The molecule has 1 aromatic rings. The molecule has 0 saturated heterocycles. The zero-order chi connectivity index (χ0) is 13.9. The molecule has 1 aromatic carbocycles. The Hall–Kier alpha value is -1.59. The van der Waals surface area contributed by atoms with E-state index in [2.05, 4.69) is 35.8 Å². The molecule has 0 bridgehead atoms. The van der Waals surface area contributed by atoms with E-state index in [4.69, 9.17) is 9.84 Å². The first kappa shape index (κ1) is 15.5. The van der Waals surface area contributed by atoms with Crippen LogP contribution < -0.4 is 10.6 Å². The fourth-order valence-electron chi connectivity index (χ4n) is 1.65. The van der Waals surface area contributed by atoms with E-state index in [0.717, 1.165) is 6.42 Å². The van der Waals surface area contributed by atoms with Gasteiger partial charge in [-0.3, -0.25) is 0 Å². The molecule has 2 amide bonds. The number of ether oxygens (including phenoxy) is 1. The second-order valence-corrected chi connectivity index (χ2v) is 4.26. The van der Waals surface area contributed by atoms with Gasteiger partial charge in [0.15, 0.2) is 0 Å². The Labute approximate surface area is 114 Å². The first-order chi connectivity index (χ1) is 9.22. The minimum absolute atomic E-state index is 0.00267. The summed E-state index contributed by atoms with van der Waals surface area (Å²) in [6, 6.07) is 8.04. The quantitative estimate of drug-likeness (QED) is 0.611. The number of amides is 2. The van der Waals surface area contributed by atoms with Crippen LogP contribution in [0.25, 0.3) is 0 Å². The highest BCUT2D eigenvalue weighted by Gasteiger charge is 1.99. The van der Waals surface area contributed by atoms with Gasteiger partial charge in [-0.25, -0.2) is 4.79 Å². The maximum atomic E-state index is 11.4. The van der Waals surface area contributed by atoms with E-state index in [1.807, 2.05) is 6.07 Å². The average Bonchev–Trinajstić information content (AvgIpc) is 2.38. The van der Waals surface area contributed by atoms with Crippen molar-refractivity contribution >= 4 is 6.03 Å². The molecule has 3 N–H and O–H groups in total. The van der Waals surface area contributed by atoms with E-state index in [0.29, 0.717) is 26.3 Å². The molecule has 19 heavy (non-hydrogen) atoms. The number of carbonyl (C=O) groups is 1. The molecule has 0 spiro atoms. The largest absolute Gasteiger partial charge is 0.394 e. The van der Waals surface area contributed by atoms with Crippen LogP contribution in [0.15, 0.2) is 24.3 Å². The topological polar surface area (TPSA) is 70.6 Å². The van der Waals surface area contributed by atoms with Crippen LogP contribution in [0.4, 0.5) is 4.79 Å². The Balaban J connectivity index is 2.07. The van der Waals surface area contributed by atoms with Crippen molar-refractivity contribution in [2.75, 3.05) is 32.9 Å². The molecule has 106 valence electrons. The molecule has 1 rings (SSSR count). The predicted octanol–water partition coefficient (Wildman–Crippen LogP) is 0.846. The fourth-order valence-corrected chi connectivity index (χ4v) is 1.65. The van der Waals surface area contributed by atoms with Crippen LogP contribution in [-0.4, -0.2) is 44.0 Å². The van der Waals surface area contributed by atoms with Gasteiger partial charge in [0.25, 0.3) is 0 Å². The molecule has 0 aliphatic heterocycles. The zero-order valence-corrected chi connectivity index (χ0v) is 11.3. The second kappa shape index (κ2) is 9.35. The smallest absolute Gasteiger partial charge is 0.314 e. The number of carbonyl (C=O) groups excluding carboxylic acids is 1. The fraction of sp³-hybridized carbons (Fsp3) is 0.500. The summed E-state index contributed by atoms with van der Waals surface area (Å²) < 4.78 is 5.03. The van der Waals surface area contributed by atoms with E-state index in [1.54, 1.807) is 0 Å². The van der Waals surface area contributed by atoms with Gasteiger partial charge in [0.1, 0.15) is 0 Å². The second-order valence-electron chi connectivity index (χ2n) is 4.26. The molecule has 0 fully saturated rings. The Bertz CT molecular complexity index is 383. The van der Waals surface area contributed by atoms with Crippen LogP contribution in [0.3, 0.4) is 0 Å². The first-order valence-corrected chi connectivity index (χ1v) is 6.48. The number of nitrogens with one attached hydrogen (secondary N) is 2. The van der Waals surface area contributed by atoms with Gasteiger partial charge in [-0.05, 0) is 18.9 Å². The molecule has 0 aliphatic carbocycles. The summed E-state index contributed by atoms with van der Waals surface area (Å²) in [5.74, 6) is 0. The van der Waals surface area contributed by atoms with Crippen molar-refractivity contribution < 1.29 is 14.6 Å². The third-order valence-corrected chi connectivity index (χ3v) is 2.55. The van der Waals surface area contributed by atoms with E-state index < -0.39 is 0 Å². The van der Waals surface area contributed by atoms with Crippen LogP contribution in [0.1, 0.15) is 11.1 Å². The molecule has 0 heterocycles. The lowest BCUT2D eigenvalue weighted by molar-refractivity contribution is 0.0947. The number of aliphatic hydroxyl groups excluding tert-OH is 1. The Morgan fingerprint density at radius 3 is 2.79 bits per heavy atom. The number of hydrogen-bond donors (Lipinski definition) is 3. The molecule has 0 aliphatic rings. The van der Waals surface area contributed by atoms with Crippen molar-refractivity contribution in [1.82, 2.24) is 10.6 Å². The van der Waals surface area contributed by atoms with Gasteiger partial charge in [-0.1, -0.05) is 29.8 Å². The van der Waals surface area contributed by atoms with E-state index in [9.17, 15) is 4.79 Å². The summed E-state index contributed by atoms with van der Waals surface area (Å²) in [6.07, 6.45) is 0.816. The standard InChI is InChI=1S/C14H22N2O3/c1-12-3-2-4-13(11-12)5-6-15-14(18)16-7-9-19-10-8-17/h2-4,11,17H,5-10H2,1H3,(H2,15,16,18). The lowest BCUT2D eigenvalue weighted by Crippen LogP contribution is -2.38. The summed E-state index contributed by atoms with van der Waals surface area (Å²) in [5, 5.41) is 14.0.